The lowest BCUT2D eigenvalue weighted by Crippen LogP contribution is -2.40. The van der Waals surface area contributed by atoms with Crippen LogP contribution in [0.25, 0.3) is 0 Å². The van der Waals surface area contributed by atoms with Gasteiger partial charge < -0.3 is 10.6 Å². The molecule has 2 nitrogen and oxygen atoms in total. The van der Waals surface area contributed by atoms with Crippen LogP contribution in [0.2, 0.25) is 4.34 Å². The Balaban J connectivity index is 2.56. The van der Waals surface area contributed by atoms with Crippen LogP contribution in [0.5, 0.6) is 0 Å². The van der Waals surface area contributed by atoms with E-state index in [0.717, 1.165) is 36.8 Å². The largest absolute Gasteiger partial charge is 0.330 e. The highest BCUT2D eigenvalue weighted by Gasteiger charge is 2.26. The van der Waals surface area contributed by atoms with E-state index in [2.05, 4.69) is 31.9 Å². The smallest absolute Gasteiger partial charge is 0.0931 e. The third kappa shape index (κ3) is 4.25. The zero-order chi connectivity index (χ0) is 12.9. The summed E-state index contributed by atoms with van der Waals surface area (Å²) in [6.45, 7) is 7.22. The highest BCUT2D eigenvalue weighted by molar-refractivity contribution is 7.16. The summed E-state index contributed by atoms with van der Waals surface area (Å²) in [5.41, 5.74) is 6.19. The normalized spacial score (nSPS) is 12.4. The Morgan fingerprint density at radius 1 is 1.35 bits per heavy atom. The summed E-state index contributed by atoms with van der Waals surface area (Å²) in [6.07, 6.45) is 2.27. The molecule has 0 aliphatic rings. The standard InChI is InChI=1S/C13H23ClN2S/c1-4-13(5-2,9-15)10-16(3)8-11-6-7-12(14)17-11/h6-7H,4-5,8-10,15H2,1-3H3. The van der Waals surface area contributed by atoms with Crippen LogP contribution >= 0.6 is 22.9 Å². The van der Waals surface area contributed by atoms with Crippen molar-refractivity contribution >= 4 is 22.9 Å². The second-order valence-corrected chi connectivity index (χ2v) is 6.59. The van der Waals surface area contributed by atoms with Gasteiger partial charge in [0.25, 0.3) is 0 Å². The van der Waals surface area contributed by atoms with E-state index < -0.39 is 0 Å². The number of rotatable bonds is 7. The van der Waals surface area contributed by atoms with Gasteiger partial charge in [-0.1, -0.05) is 25.4 Å². The molecule has 0 unspecified atom stereocenters. The zero-order valence-corrected chi connectivity index (χ0v) is 12.6. The molecule has 1 aromatic rings. The lowest BCUT2D eigenvalue weighted by Gasteiger charge is -2.34. The molecular formula is C13H23ClN2S. The quantitative estimate of drug-likeness (QED) is 0.823. The van der Waals surface area contributed by atoms with Crippen molar-refractivity contribution in [2.75, 3.05) is 20.1 Å². The summed E-state index contributed by atoms with van der Waals surface area (Å²) in [6, 6.07) is 4.07. The molecule has 0 aliphatic heterocycles. The lowest BCUT2D eigenvalue weighted by molar-refractivity contribution is 0.163. The second-order valence-electron chi connectivity index (χ2n) is 4.79. The predicted molar refractivity (Wildman–Crippen MR) is 77.7 cm³/mol. The van der Waals surface area contributed by atoms with Gasteiger partial charge in [0, 0.05) is 18.0 Å². The van der Waals surface area contributed by atoms with Gasteiger partial charge in [-0.3, -0.25) is 0 Å². The minimum atomic E-state index is 0.260. The first kappa shape index (κ1) is 15.0. The van der Waals surface area contributed by atoms with Crippen molar-refractivity contribution in [1.82, 2.24) is 4.90 Å². The van der Waals surface area contributed by atoms with Gasteiger partial charge in [-0.2, -0.15) is 0 Å². The first-order valence-electron chi connectivity index (χ1n) is 6.18. The van der Waals surface area contributed by atoms with Crippen molar-refractivity contribution in [1.29, 1.82) is 0 Å². The molecule has 0 amide bonds. The van der Waals surface area contributed by atoms with Crippen LogP contribution in [0.1, 0.15) is 31.6 Å². The van der Waals surface area contributed by atoms with Crippen LogP contribution in [-0.4, -0.2) is 25.0 Å². The molecule has 0 atom stereocenters. The lowest BCUT2D eigenvalue weighted by atomic mass is 9.82. The predicted octanol–water partition coefficient (Wildman–Crippen LogP) is 3.60. The maximum absolute atomic E-state index is 5.94. The monoisotopic (exact) mass is 274 g/mol. The van der Waals surface area contributed by atoms with Crippen molar-refractivity contribution < 1.29 is 0 Å². The molecule has 0 fully saturated rings. The van der Waals surface area contributed by atoms with Crippen molar-refractivity contribution in [3.05, 3.63) is 21.3 Å². The van der Waals surface area contributed by atoms with Crippen LogP contribution < -0.4 is 5.73 Å². The van der Waals surface area contributed by atoms with Gasteiger partial charge in [-0.15, -0.1) is 11.3 Å². The average Bonchev–Trinajstić information content (AvgIpc) is 2.72. The fraction of sp³-hybridized carbons (Fsp3) is 0.692. The fourth-order valence-electron chi connectivity index (χ4n) is 2.16. The number of hydrogen-bond donors (Lipinski definition) is 1. The highest BCUT2D eigenvalue weighted by Crippen LogP contribution is 2.28. The van der Waals surface area contributed by atoms with E-state index >= 15 is 0 Å². The van der Waals surface area contributed by atoms with Gasteiger partial charge >= 0.3 is 0 Å². The minimum absolute atomic E-state index is 0.260. The molecule has 17 heavy (non-hydrogen) atoms. The Hall–Kier alpha value is -0.0900. The molecule has 2 N–H and O–H groups in total. The summed E-state index contributed by atoms with van der Waals surface area (Å²) >= 11 is 7.60. The molecule has 0 aliphatic carbocycles. The van der Waals surface area contributed by atoms with Crippen molar-refractivity contribution in [3.8, 4) is 0 Å². The van der Waals surface area contributed by atoms with E-state index in [1.165, 1.54) is 4.88 Å². The van der Waals surface area contributed by atoms with Crippen LogP contribution in [0.4, 0.5) is 0 Å². The Kier molecular flexibility index (Phi) is 5.93. The van der Waals surface area contributed by atoms with Crippen LogP contribution in [-0.2, 0) is 6.54 Å². The number of nitrogens with zero attached hydrogens (tertiary/aromatic N) is 1. The van der Waals surface area contributed by atoms with E-state index in [0.29, 0.717) is 0 Å². The maximum Gasteiger partial charge on any atom is 0.0931 e. The summed E-state index contributed by atoms with van der Waals surface area (Å²) in [7, 11) is 2.16. The number of halogens is 1. The van der Waals surface area contributed by atoms with Gasteiger partial charge in [-0.05, 0) is 44.0 Å². The minimum Gasteiger partial charge on any atom is -0.330 e. The van der Waals surface area contributed by atoms with E-state index in [1.54, 1.807) is 11.3 Å². The van der Waals surface area contributed by atoms with Gasteiger partial charge in [-0.25, -0.2) is 0 Å². The molecule has 4 heteroatoms. The van der Waals surface area contributed by atoms with Crippen molar-refractivity contribution in [3.63, 3.8) is 0 Å². The van der Waals surface area contributed by atoms with Crippen LogP contribution in [0.3, 0.4) is 0 Å². The molecule has 1 heterocycles. The molecule has 0 saturated carbocycles. The van der Waals surface area contributed by atoms with Crippen molar-refractivity contribution in [2.24, 2.45) is 11.1 Å². The molecule has 1 aromatic heterocycles. The van der Waals surface area contributed by atoms with E-state index in [-0.39, 0.29) is 5.41 Å². The summed E-state index contributed by atoms with van der Waals surface area (Å²) in [5.74, 6) is 0. The molecule has 0 spiro atoms. The number of thiophene rings is 1. The van der Waals surface area contributed by atoms with Gasteiger partial charge in [0.2, 0.25) is 0 Å². The summed E-state index contributed by atoms with van der Waals surface area (Å²) in [5, 5.41) is 0. The van der Waals surface area contributed by atoms with E-state index in [9.17, 15) is 0 Å². The topological polar surface area (TPSA) is 29.3 Å². The number of hydrogen-bond acceptors (Lipinski definition) is 3. The van der Waals surface area contributed by atoms with E-state index in [4.69, 9.17) is 17.3 Å². The van der Waals surface area contributed by atoms with Crippen LogP contribution in [0.15, 0.2) is 12.1 Å². The van der Waals surface area contributed by atoms with Gasteiger partial charge in [0.15, 0.2) is 0 Å². The molecule has 0 saturated heterocycles. The molecule has 0 bridgehead atoms. The third-order valence-electron chi connectivity index (χ3n) is 3.59. The van der Waals surface area contributed by atoms with Crippen LogP contribution in [0, 0.1) is 5.41 Å². The first-order valence-corrected chi connectivity index (χ1v) is 7.37. The third-order valence-corrected chi connectivity index (χ3v) is 4.81. The number of nitrogens with two attached hydrogens (primary N) is 1. The SMILES string of the molecule is CCC(CC)(CN)CN(C)Cc1ccc(Cl)s1. The molecule has 0 aromatic carbocycles. The maximum atomic E-state index is 5.94. The molecular weight excluding hydrogens is 252 g/mol. The molecule has 0 radical (unpaired) electrons. The fourth-order valence-corrected chi connectivity index (χ4v) is 3.33. The molecule has 1 rings (SSSR count). The van der Waals surface area contributed by atoms with E-state index in [1.807, 2.05) is 6.07 Å². The molecule has 98 valence electrons. The second kappa shape index (κ2) is 6.74. The zero-order valence-electron chi connectivity index (χ0n) is 11.0. The van der Waals surface area contributed by atoms with Crippen molar-refractivity contribution in [2.45, 2.75) is 33.2 Å². The Labute approximate surface area is 114 Å². The summed E-state index contributed by atoms with van der Waals surface area (Å²) in [4.78, 5) is 3.66. The highest BCUT2D eigenvalue weighted by atomic mass is 35.5. The Bertz CT molecular complexity index is 326. The average molecular weight is 275 g/mol. The van der Waals surface area contributed by atoms with Gasteiger partial charge in [0.1, 0.15) is 0 Å². The first-order chi connectivity index (χ1) is 8.05. The van der Waals surface area contributed by atoms with Gasteiger partial charge in [0.05, 0.1) is 4.34 Å². The Morgan fingerprint density at radius 3 is 2.41 bits per heavy atom. The Morgan fingerprint density at radius 2 is 2.00 bits per heavy atom. The summed E-state index contributed by atoms with van der Waals surface area (Å²) < 4.78 is 0.865.